The van der Waals surface area contributed by atoms with E-state index in [1.165, 1.54) is 11.8 Å². The lowest BCUT2D eigenvalue weighted by Crippen LogP contribution is -2.52. The van der Waals surface area contributed by atoms with Crippen molar-refractivity contribution in [3.63, 3.8) is 0 Å². The summed E-state index contributed by atoms with van der Waals surface area (Å²) in [4.78, 5) is 12.5. The number of carbonyl (C=O) groups is 1. The molecule has 0 bridgehead atoms. The number of aliphatic hydroxyl groups is 1. The van der Waals surface area contributed by atoms with E-state index in [1.807, 2.05) is 37.3 Å². The second kappa shape index (κ2) is 9.00. The van der Waals surface area contributed by atoms with E-state index in [0.29, 0.717) is 24.7 Å². The van der Waals surface area contributed by atoms with Crippen molar-refractivity contribution in [2.45, 2.75) is 19.4 Å². The minimum atomic E-state index is -0.855. The van der Waals surface area contributed by atoms with Gasteiger partial charge in [0.25, 0.3) is 0 Å². The molecular formula is C15H23NO3S. The van der Waals surface area contributed by atoms with Gasteiger partial charge < -0.3 is 9.84 Å². The molecule has 0 fully saturated rings. The highest BCUT2D eigenvalue weighted by Gasteiger charge is 2.40. The largest absolute Gasteiger partial charge is 0.464 e. The zero-order valence-electron chi connectivity index (χ0n) is 12.1. The zero-order chi connectivity index (χ0) is 14.8. The van der Waals surface area contributed by atoms with E-state index in [1.54, 1.807) is 6.92 Å². The Morgan fingerprint density at radius 2 is 2.05 bits per heavy atom. The normalized spacial score (nSPS) is 13.8. The first-order chi connectivity index (χ1) is 9.71. The van der Waals surface area contributed by atoms with Crippen molar-refractivity contribution in [2.24, 2.45) is 0 Å². The Bertz CT molecular complexity index is 399. The van der Waals surface area contributed by atoms with Gasteiger partial charge in [0, 0.05) is 11.5 Å². The molecule has 0 aliphatic heterocycles. The quantitative estimate of drug-likeness (QED) is 0.537. The fraction of sp³-hybridized carbons (Fsp3) is 0.533. The molecule has 0 saturated carbocycles. The minimum Gasteiger partial charge on any atom is -0.464 e. The Kier molecular flexibility index (Phi) is 7.65. The summed E-state index contributed by atoms with van der Waals surface area (Å²) in [7, 11) is 0. The number of carbonyl (C=O) groups excluding carboxylic acids is 1. The minimum absolute atomic E-state index is 0.102. The summed E-state index contributed by atoms with van der Waals surface area (Å²) in [5.41, 5.74) is 0.0389. The van der Waals surface area contributed by atoms with Crippen molar-refractivity contribution in [1.29, 1.82) is 0 Å². The molecule has 0 heterocycles. The van der Waals surface area contributed by atoms with Crippen LogP contribution in [0, 0.1) is 0 Å². The van der Waals surface area contributed by atoms with Gasteiger partial charge in [-0.3, -0.25) is 5.32 Å². The van der Waals surface area contributed by atoms with Crippen molar-refractivity contribution in [3.05, 3.63) is 35.9 Å². The summed E-state index contributed by atoms with van der Waals surface area (Å²) in [5, 5.41) is 12.2. The molecule has 1 atom stereocenters. The van der Waals surface area contributed by atoms with Gasteiger partial charge in [0.05, 0.1) is 13.2 Å². The second-order valence-corrected chi connectivity index (χ2v) is 5.40. The molecule has 0 aliphatic carbocycles. The van der Waals surface area contributed by atoms with Crippen LogP contribution < -0.4 is 5.32 Å². The number of esters is 1. The SMILES string of the molecule is CCNC(CSCCO)(C(=O)OCC)c1ccccc1. The molecular weight excluding hydrogens is 274 g/mol. The Morgan fingerprint density at radius 3 is 2.60 bits per heavy atom. The average Bonchev–Trinajstić information content (AvgIpc) is 2.47. The third-order valence-corrected chi connectivity index (χ3v) is 4.03. The zero-order valence-corrected chi connectivity index (χ0v) is 12.9. The van der Waals surface area contributed by atoms with Crippen LogP contribution in [-0.4, -0.2) is 42.3 Å². The number of benzene rings is 1. The van der Waals surface area contributed by atoms with Crippen LogP contribution in [0.1, 0.15) is 19.4 Å². The average molecular weight is 297 g/mol. The molecule has 0 radical (unpaired) electrons. The molecule has 0 spiro atoms. The number of thioether (sulfide) groups is 1. The van der Waals surface area contributed by atoms with Crippen molar-refractivity contribution < 1.29 is 14.6 Å². The van der Waals surface area contributed by atoms with Gasteiger partial charge in [-0.2, -0.15) is 11.8 Å². The first-order valence-corrected chi connectivity index (χ1v) is 8.03. The molecule has 5 heteroatoms. The molecule has 1 unspecified atom stereocenters. The lowest BCUT2D eigenvalue weighted by molar-refractivity contribution is -0.150. The molecule has 1 aromatic rings. The Balaban J connectivity index is 3.08. The van der Waals surface area contributed by atoms with Gasteiger partial charge in [-0.05, 0) is 19.0 Å². The van der Waals surface area contributed by atoms with E-state index in [9.17, 15) is 4.79 Å². The monoisotopic (exact) mass is 297 g/mol. The molecule has 1 rings (SSSR count). The third kappa shape index (κ3) is 4.23. The van der Waals surface area contributed by atoms with Gasteiger partial charge >= 0.3 is 5.97 Å². The highest BCUT2D eigenvalue weighted by Crippen LogP contribution is 2.27. The van der Waals surface area contributed by atoms with E-state index in [0.717, 1.165) is 5.56 Å². The lowest BCUT2D eigenvalue weighted by Gasteiger charge is -2.32. The maximum atomic E-state index is 12.5. The summed E-state index contributed by atoms with van der Waals surface area (Å²) in [6.07, 6.45) is 0. The lowest BCUT2D eigenvalue weighted by atomic mass is 9.91. The van der Waals surface area contributed by atoms with E-state index in [4.69, 9.17) is 9.84 Å². The second-order valence-electron chi connectivity index (χ2n) is 4.30. The van der Waals surface area contributed by atoms with Crippen LogP contribution in [-0.2, 0) is 15.1 Å². The van der Waals surface area contributed by atoms with Crippen molar-refractivity contribution >= 4 is 17.7 Å². The summed E-state index contributed by atoms with van der Waals surface area (Å²) in [6.45, 7) is 4.88. The van der Waals surface area contributed by atoms with Gasteiger partial charge in [0.15, 0.2) is 5.54 Å². The highest BCUT2D eigenvalue weighted by molar-refractivity contribution is 7.99. The Hall–Kier alpha value is -1.04. The predicted molar refractivity (Wildman–Crippen MR) is 82.8 cm³/mol. The van der Waals surface area contributed by atoms with Crippen LogP contribution >= 0.6 is 11.8 Å². The van der Waals surface area contributed by atoms with Gasteiger partial charge in [-0.1, -0.05) is 37.3 Å². The molecule has 0 aromatic heterocycles. The summed E-state index contributed by atoms with van der Waals surface area (Å²) in [6, 6.07) is 9.61. The molecule has 1 aromatic carbocycles. The van der Waals surface area contributed by atoms with Crippen LogP contribution in [0.3, 0.4) is 0 Å². The summed E-state index contributed by atoms with van der Waals surface area (Å²) in [5.74, 6) is 0.863. The smallest absolute Gasteiger partial charge is 0.331 e. The van der Waals surface area contributed by atoms with E-state index < -0.39 is 5.54 Å². The van der Waals surface area contributed by atoms with Gasteiger partial charge in [-0.25, -0.2) is 4.79 Å². The first kappa shape index (κ1) is 17.0. The number of nitrogens with one attached hydrogen (secondary N) is 1. The van der Waals surface area contributed by atoms with Gasteiger partial charge in [0.1, 0.15) is 0 Å². The van der Waals surface area contributed by atoms with E-state index >= 15 is 0 Å². The van der Waals surface area contributed by atoms with Gasteiger partial charge in [0.2, 0.25) is 0 Å². The molecule has 4 nitrogen and oxygen atoms in total. The van der Waals surface area contributed by atoms with Crippen molar-refractivity contribution in [3.8, 4) is 0 Å². The molecule has 0 aliphatic rings. The molecule has 20 heavy (non-hydrogen) atoms. The topological polar surface area (TPSA) is 58.6 Å². The van der Waals surface area contributed by atoms with Gasteiger partial charge in [-0.15, -0.1) is 0 Å². The first-order valence-electron chi connectivity index (χ1n) is 6.87. The molecule has 0 saturated heterocycles. The maximum absolute atomic E-state index is 12.5. The number of likely N-dealkylation sites (N-methyl/N-ethyl adjacent to an activating group) is 1. The van der Waals surface area contributed by atoms with E-state index in [-0.39, 0.29) is 12.6 Å². The Labute approximate surface area is 124 Å². The third-order valence-electron chi connectivity index (χ3n) is 2.92. The van der Waals surface area contributed by atoms with Crippen LogP contribution in [0.25, 0.3) is 0 Å². The van der Waals surface area contributed by atoms with Crippen LogP contribution in [0.2, 0.25) is 0 Å². The fourth-order valence-corrected chi connectivity index (χ4v) is 3.02. The molecule has 0 amide bonds. The molecule has 2 N–H and O–H groups in total. The van der Waals surface area contributed by atoms with Crippen molar-refractivity contribution in [1.82, 2.24) is 5.32 Å². The number of aliphatic hydroxyl groups excluding tert-OH is 1. The summed E-state index contributed by atoms with van der Waals surface area (Å²) >= 11 is 1.54. The van der Waals surface area contributed by atoms with Crippen LogP contribution in [0.5, 0.6) is 0 Å². The number of hydrogen-bond acceptors (Lipinski definition) is 5. The predicted octanol–water partition coefficient (Wildman–Crippen LogP) is 1.78. The number of rotatable bonds is 9. The standard InChI is InChI=1S/C15H23NO3S/c1-3-16-15(12-20-11-10-17,14(18)19-4-2)13-8-6-5-7-9-13/h5-9,16-17H,3-4,10-12H2,1-2H3. The summed E-state index contributed by atoms with van der Waals surface area (Å²) < 4.78 is 5.27. The fourth-order valence-electron chi connectivity index (χ4n) is 2.05. The number of hydrogen-bond donors (Lipinski definition) is 2. The van der Waals surface area contributed by atoms with Crippen LogP contribution in [0.4, 0.5) is 0 Å². The van der Waals surface area contributed by atoms with E-state index in [2.05, 4.69) is 5.32 Å². The molecule has 112 valence electrons. The highest BCUT2D eigenvalue weighted by atomic mass is 32.2. The van der Waals surface area contributed by atoms with Crippen LogP contribution in [0.15, 0.2) is 30.3 Å². The maximum Gasteiger partial charge on any atom is 0.331 e. The Morgan fingerprint density at radius 1 is 1.35 bits per heavy atom. The van der Waals surface area contributed by atoms with Crippen molar-refractivity contribution in [2.75, 3.05) is 31.3 Å². The number of ether oxygens (including phenoxy) is 1.